The van der Waals surface area contributed by atoms with Gasteiger partial charge in [0.1, 0.15) is 12.6 Å². The molecule has 0 spiro atoms. The van der Waals surface area contributed by atoms with Gasteiger partial charge in [-0.3, -0.25) is 14.4 Å². The van der Waals surface area contributed by atoms with Crippen molar-refractivity contribution in [3.63, 3.8) is 0 Å². The fourth-order valence-electron chi connectivity index (χ4n) is 6.49. The van der Waals surface area contributed by atoms with E-state index < -0.39 is 5.97 Å². The first-order valence-electron chi connectivity index (χ1n) is 22.1. The first-order chi connectivity index (χ1) is 25.5. The summed E-state index contributed by atoms with van der Waals surface area (Å²) in [5.74, 6) is -1.26. The molecule has 6 nitrogen and oxygen atoms in total. The number of nitrogens with one attached hydrogen (secondary N) is 1. The number of allylic oxidation sites excluding steroid dienone is 6. The van der Waals surface area contributed by atoms with Crippen LogP contribution in [0.1, 0.15) is 226 Å². The molecule has 1 amide bonds. The highest BCUT2D eigenvalue weighted by molar-refractivity contribution is 5.80. The number of carbonyl (C=O) groups excluding carboxylic acids is 2. The summed E-state index contributed by atoms with van der Waals surface area (Å²) >= 11 is 0. The van der Waals surface area contributed by atoms with Crippen molar-refractivity contribution >= 4 is 17.8 Å². The van der Waals surface area contributed by atoms with E-state index in [4.69, 9.17) is 9.84 Å². The van der Waals surface area contributed by atoms with E-state index in [0.29, 0.717) is 12.8 Å². The second-order valence-electron chi connectivity index (χ2n) is 14.9. The Morgan fingerprint density at radius 1 is 0.500 bits per heavy atom. The molecule has 1 unspecified atom stereocenters. The van der Waals surface area contributed by atoms with Gasteiger partial charge in [0, 0.05) is 12.8 Å². The molecule has 0 radical (unpaired) electrons. The Kier molecular flexibility index (Phi) is 39.5. The van der Waals surface area contributed by atoms with Gasteiger partial charge in [0.25, 0.3) is 0 Å². The van der Waals surface area contributed by atoms with Crippen LogP contribution < -0.4 is 5.32 Å². The fraction of sp³-hybridized carbons (Fsp3) is 0.804. The zero-order valence-corrected chi connectivity index (χ0v) is 34.2. The Labute approximate surface area is 321 Å². The lowest BCUT2D eigenvalue weighted by atomic mass is 10.0. The summed E-state index contributed by atoms with van der Waals surface area (Å²) in [5.41, 5.74) is 0. The average molecular weight is 730 g/mol. The van der Waals surface area contributed by atoms with Crippen LogP contribution in [-0.4, -0.2) is 35.6 Å². The Bertz CT molecular complexity index is 895. The molecule has 0 aromatic carbocycles. The van der Waals surface area contributed by atoms with Gasteiger partial charge < -0.3 is 15.2 Å². The van der Waals surface area contributed by atoms with Crippen LogP contribution in [0.5, 0.6) is 0 Å². The minimum absolute atomic E-state index is 0.0167. The summed E-state index contributed by atoms with van der Waals surface area (Å²) in [7, 11) is 0. The van der Waals surface area contributed by atoms with Crippen LogP contribution >= 0.6 is 0 Å². The Hall–Kier alpha value is -2.37. The number of unbranched alkanes of at least 4 members (excludes halogenated alkanes) is 23. The smallest absolute Gasteiger partial charge is 0.322 e. The number of carboxylic acid groups (broad SMARTS) is 1. The minimum Gasteiger partial charge on any atom is -0.480 e. The van der Waals surface area contributed by atoms with Crippen molar-refractivity contribution in [2.24, 2.45) is 0 Å². The van der Waals surface area contributed by atoms with Crippen LogP contribution in [0, 0.1) is 0 Å². The van der Waals surface area contributed by atoms with Gasteiger partial charge in [-0.2, -0.15) is 0 Å². The molecule has 52 heavy (non-hydrogen) atoms. The number of hydrogen-bond acceptors (Lipinski definition) is 4. The third-order valence-corrected chi connectivity index (χ3v) is 9.78. The standard InChI is InChI=1S/C46H83NO5/c1-3-5-7-9-11-13-15-16-17-18-19-20-21-22-24-26-28-33-37-41-46(51)52-43(38-34-30-27-25-23-14-12-10-8-6-4-2)39-35-31-29-32-36-40-44(48)47-42-45(49)50/h12,14,16-17,25,27,43H,3-11,13,15,18-24,26,28-42H2,1-2H3,(H,47,48)(H,49,50)/b14-12-,17-16-,27-25-. The summed E-state index contributed by atoms with van der Waals surface area (Å²) in [5, 5.41) is 11.1. The molecule has 0 saturated heterocycles. The molecule has 0 aliphatic rings. The maximum absolute atomic E-state index is 12.7. The quantitative estimate of drug-likeness (QED) is 0.0372. The lowest BCUT2D eigenvalue weighted by Crippen LogP contribution is -2.28. The molecule has 0 bridgehead atoms. The van der Waals surface area contributed by atoms with E-state index in [2.05, 4.69) is 55.6 Å². The normalized spacial score (nSPS) is 12.3. The van der Waals surface area contributed by atoms with Gasteiger partial charge in [0.15, 0.2) is 0 Å². The molecule has 0 aliphatic heterocycles. The summed E-state index contributed by atoms with van der Waals surface area (Å²) in [6.07, 6.45) is 51.3. The topological polar surface area (TPSA) is 92.7 Å². The lowest BCUT2D eigenvalue weighted by Gasteiger charge is -2.18. The molecule has 0 fully saturated rings. The number of amides is 1. The predicted molar refractivity (Wildman–Crippen MR) is 222 cm³/mol. The van der Waals surface area contributed by atoms with E-state index in [1.54, 1.807) is 0 Å². The van der Waals surface area contributed by atoms with E-state index in [-0.39, 0.29) is 24.5 Å². The van der Waals surface area contributed by atoms with E-state index in [1.807, 2.05) is 0 Å². The highest BCUT2D eigenvalue weighted by Crippen LogP contribution is 2.18. The molecule has 0 aromatic rings. The van der Waals surface area contributed by atoms with Crippen molar-refractivity contribution in [2.75, 3.05) is 6.54 Å². The summed E-state index contributed by atoms with van der Waals surface area (Å²) < 4.78 is 6.00. The molecule has 0 heterocycles. The summed E-state index contributed by atoms with van der Waals surface area (Å²) in [6.45, 7) is 4.19. The van der Waals surface area contributed by atoms with Crippen molar-refractivity contribution < 1.29 is 24.2 Å². The molecule has 1 atom stereocenters. The summed E-state index contributed by atoms with van der Waals surface area (Å²) in [4.78, 5) is 35.0. The number of esters is 1. The molecule has 6 heteroatoms. The number of carbonyl (C=O) groups is 3. The molecular formula is C46H83NO5. The van der Waals surface area contributed by atoms with Crippen LogP contribution in [0.15, 0.2) is 36.5 Å². The van der Waals surface area contributed by atoms with Crippen molar-refractivity contribution in [2.45, 2.75) is 232 Å². The highest BCUT2D eigenvalue weighted by Gasteiger charge is 2.14. The zero-order valence-electron chi connectivity index (χ0n) is 34.2. The molecule has 2 N–H and O–H groups in total. The number of ether oxygens (including phenoxy) is 1. The van der Waals surface area contributed by atoms with Crippen LogP contribution in [-0.2, 0) is 19.1 Å². The van der Waals surface area contributed by atoms with Gasteiger partial charge in [-0.05, 0) is 89.9 Å². The van der Waals surface area contributed by atoms with Gasteiger partial charge in [-0.1, -0.05) is 159 Å². The summed E-state index contributed by atoms with van der Waals surface area (Å²) in [6, 6.07) is 0. The van der Waals surface area contributed by atoms with Crippen LogP contribution in [0.3, 0.4) is 0 Å². The fourth-order valence-corrected chi connectivity index (χ4v) is 6.49. The second kappa shape index (κ2) is 41.4. The number of carboxylic acids is 1. The molecule has 0 rings (SSSR count). The Morgan fingerprint density at radius 3 is 1.46 bits per heavy atom. The molecule has 0 aromatic heterocycles. The predicted octanol–water partition coefficient (Wildman–Crippen LogP) is 13.7. The van der Waals surface area contributed by atoms with Gasteiger partial charge in [-0.25, -0.2) is 0 Å². The van der Waals surface area contributed by atoms with Crippen molar-refractivity contribution in [1.82, 2.24) is 5.32 Å². The Balaban J connectivity index is 4.13. The maximum atomic E-state index is 12.7. The lowest BCUT2D eigenvalue weighted by molar-refractivity contribution is -0.150. The molecular weight excluding hydrogens is 647 g/mol. The zero-order chi connectivity index (χ0) is 38.0. The molecule has 302 valence electrons. The minimum atomic E-state index is -1.02. The average Bonchev–Trinajstić information content (AvgIpc) is 3.13. The first-order valence-corrected chi connectivity index (χ1v) is 22.1. The first kappa shape index (κ1) is 49.6. The largest absolute Gasteiger partial charge is 0.480 e. The number of rotatable bonds is 40. The highest BCUT2D eigenvalue weighted by atomic mass is 16.5. The SMILES string of the molecule is CCCCC/C=C\C/C=C\CCCC(CCCCCCCC(=O)NCC(=O)O)OC(=O)CCCCCCCCCCC/C=C\CCCCCCCC. The molecule has 0 aliphatic carbocycles. The van der Waals surface area contributed by atoms with E-state index in [0.717, 1.165) is 77.0 Å². The van der Waals surface area contributed by atoms with E-state index >= 15 is 0 Å². The van der Waals surface area contributed by atoms with Crippen LogP contribution in [0.25, 0.3) is 0 Å². The van der Waals surface area contributed by atoms with Gasteiger partial charge in [0.2, 0.25) is 5.91 Å². The van der Waals surface area contributed by atoms with Crippen LogP contribution in [0.2, 0.25) is 0 Å². The van der Waals surface area contributed by atoms with E-state index in [1.165, 1.54) is 122 Å². The van der Waals surface area contributed by atoms with Gasteiger partial charge in [-0.15, -0.1) is 0 Å². The Morgan fingerprint density at radius 2 is 0.904 bits per heavy atom. The van der Waals surface area contributed by atoms with Crippen molar-refractivity contribution in [3.8, 4) is 0 Å². The van der Waals surface area contributed by atoms with E-state index in [9.17, 15) is 14.4 Å². The van der Waals surface area contributed by atoms with Gasteiger partial charge in [0.05, 0.1) is 0 Å². The van der Waals surface area contributed by atoms with Crippen molar-refractivity contribution in [3.05, 3.63) is 36.5 Å². The third-order valence-electron chi connectivity index (χ3n) is 9.78. The maximum Gasteiger partial charge on any atom is 0.322 e. The second-order valence-corrected chi connectivity index (χ2v) is 14.9. The third kappa shape index (κ3) is 40.4. The molecule has 0 saturated carbocycles. The monoisotopic (exact) mass is 730 g/mol. The number of hydrogen-bond donors (Lipinski definition) is 2. The van der Waals surface area contributed by atoms with Gasteiger partial charge >= 0.3 is 11.9 Å². The number of aliphatic carboxylic acids is 1. The van der Waals surface area contributed by atoms with Crippen LogP contribution in [0.4, 0.5) is 0 Å². The van der Waals surface area contributed by atoms with Crippen molar-refractivity contribution in [1.29, 1.82) is 0 Å².